The first kappa shape index (κ1) is 19.1. The molecule has 2 aromatic carbocycles. The van der Waals surface area contributed by atoms with E-state index in [2.05, 4.69) is 10.6 Å². The average molecular weight is 385 g/mol. The van der Waals surface area contributed by atoms with Gasteiger partial charge in [-0.1, -0.05) is 41.9 Å². The van der Waals surface area contributed by atoms with Gasteiger partial charge in [-0.3, -0.25) is 9.59 Å². The first-order valence-corrected chi connectivity index (χ1v) is 9.23. The molecule has 1 aliphatic rings. The maximum Gasteiger partial charge on any atom is 0.267 e. The van der Waals surface area contributed by atoms with Gasteiger partial charge in [0.2, 0.25) is 0 Å². The maximum atomic E-state index is 12.7. The number of hydrogen-bond acceptors (Lipinski definition) is 3. The summed E-state index contributed by atoms with van der Waals surface area (Å²) < 4.78 is 5.53. The molecule has 2 amide bonds. The van der Waals surface area contributed by atoms with Gasteiger partial charge in [-0.25, -0.2) is 0 Å². The number of carbonyl (C=O) groups is 2. The fourth-order valence-electron chi connectivity index (χ4n) is 2.78. The lowest BCUT2D eigenvalue weighted by molar-refractivity contribution is -0.118. The average Bonchev–Trinajstić information content (AvgIpc) is 3.21. The van der Waals surface area contributed by atoms with Crippen molar-refractivity contribution in [3.63, 3.8) is 0 Å². The monoisotopic (exact) mass is 384 g/mol. The lowest BCUT2D eigenvalue weighted by Crippen LogP contribution is -2.38. The zero-order valence-electron chi connectivity index (χ0n) is 14.8. The third kappa shape index (κ3) is 5.67. The normalized spacial score (nSPS) is 16.8. The van der Waals surface area contributed by atoms with Crippen molar-refractivity contribution >= 4 is 29.5 Å². The van der Waals surface area contributed by atoms with Crippen LogP contribution in [-0.4, -0.2) is 31.1 Å². The van der Waals surface area contributed by atoms with Gasteiger partial charge in [0, 0.05) is 23.7 Å². The van der Waals surface area contributed by atoms with E-state index in [1.54, 1.807) is 54.6 Å². The third-order valence-corrected chi connectivity index (χ3v) is 4.48. The van der Waals surface area contributed by atoms with E-state index in [-0.39, 0.29) is 23.6 Å². The second-order valence-electron chi connectivity index (χ2n) is 6.27. The Morgan fingerprint density at radius 2 is 1.85 bits per heavy atom. The minimum Gasteiger partial charge on any atom is -0.376 e. The molecule has 3 rings (SSSR count). The van der Waals surface area contributed by atoms with Gasteiger partial charge in [-0.15, -0.1) is 0 Å². The highest BCUT2D eigenvalue weighted by atomic mass is 35.5. The van der Waals surface area contributed by atoms with Crippen molar-refractivity contribution in [3.8, 4) is 0 Å². The Morgan fingerprint density at radius 1 is 1.11 bits per heavy atom. The zero-order chi connectivity index (χ0) is 19.1. The second kappa shape index (κ2) is 9.35. The molecule has 2 aromatic rings. The van der Waals surface area contributed by atoms with E-state index in [1.165, 1.54) is 0 Å². The minimum absolute atomic E-state index is 0.0237. The van der Waals surface area contributed by atoms with Crippen LogP contribution in [0.15, 0.2) is 60.3 Å². The SMILES string of the molecule is O=C(NC[C@@H]1CCCO1)/C(=C\c1ccc(Cl)cc1)NC(=O)c1ccccc1. The molecule has 140 valence electrons. The summed E-state index contributed by atoms with van der Waals surface area (Å²) in [5.74, 6) is -0.701. The van der Waals surface area contributed by atoms with Crippen molar-refractivity contribution < 1.29 is 14.3 Å². The summed E-state index contributed by atoms with van der Waals surface area (Å²) in [6.07, 6.45) is 3.57. The van der Waals surface area contributed by atoms with Crippen LogP contribution in [0.25, 0.3) is 6.08 Å². The standard InChI is InChI=1S/C21H21ClN2O3/c22-17-10-8-15(9-11-17)13-19(21(26)23-14-18-7-4-12-27-18)24-20(25)16-5-2-1-3-6-16/h1-3,5-6,8-11,13,18H,4,7,12,14H2,(H,23,26)(H,24,25)/b19-13+/t18-/m0/s1. The van der Waals surface area contributed by atoms with Gasteiger partial charge in [0.15, 0.2) is 0 Å². The van der Waals surface area contributed by atoms with Crippen molar-refractivity contribution in [3.05, 3.63) is 76.4 Å². The van der Waals surface area contributed by atoms with Crippen LogP contribution in [0.3, 0.4) is 0 Å². The lowest BCUT2D eigenvalue weighted by atomic mass is 10.1. The van der Waals surface area contributed by atoms with Crippen molar-refractivity contribution in [1.29, 1.82) is 0 Å². The minimum atomic E-state index is -0.357. The van der Waals surface area contributed by atoms with Crippen LogP contribution >= 0.6 is 11.6 Å². The summed E-state index contributed by atoms with van der Waals surface area (Å²) in [5, 5.41) is 6.15. The summed E-state index contributed by atoms with van der Waals surface area (Å²) in [7, 11) is 0. The molecule has 0 bridgehead atoms. The molecule has 0 radical (unpaired) electrons. The van der Waals surface area contributed by atoms with Gasteiger partial charge in [-0.2, -0.15) is 0 Å². The highest BCUT2D eigenvalue weighted by molar-refractivity contribution is 6.30. The number of carbonyl (C=O) groups excluding carboxylic acids is 2. The summed E-state index contributed by atoms with van der Waals surface area (Å²) >= 11 is 5.91. The molecular formula is C21H21ClN2O3. The number of halogens is 1. The largest absolute Gasteiger partial charge is 0.376 e. The van der Waals surface area contributed by atoms with Gasteiger partial charge >= 0.3 is 0 Å². The van der Waals surface area contributed by atoms with Gasteiger partial charge < -0.3 is 15.4 Å². The molecule has 27 heavy (non-hydrogen) atoms. The predicted molar refractivity (Wildman–Crippen MR) is 105 cm³/mol. The van der Waals surface area contributed by atoms with Crippen molar-refractivity contribution in [2.45, 2.75) is 18.9 Å². The molecule has 0 unspecified atom stereocenters. The number of ether oxygens (including phenoxy) is 1. The molecule has 1 heterocycles. The summed E-state index contributed by atoms with van der Waals surface area (Å²) in [5.41, 5.74) is 1.41. The zero-order valence-corrected chi connectivity index (χ0v) is 15.5. The molecule has 1 atom stereocenters. The molecule has 1 saturated heterocycles. The highest BCUT2D eigenvalue weighted by Gasteiger charge is 2.19. The van der Waals surface area contributed by atoms with Crippen LogP contribution < -0.4 is 10.6 Å². The third-order valence-electron chi connectivity index (χ3n) is 4.22. The highest BCUT2D eigenvalue weighted by Crippen LogP contribution is 2.13. The molecular weight excluding hydrogens is 364 g/mol. The lowest BCUT2D eigenvalue weighted by Gasteiger charge is -2.14. The molecule has 2 N–H and O–H groups in total. The Balaban J connectivity index is 1.75. The van der Waals surface area contributed by atoms with Gasteiger partial charge in [0.25, 0.3) is 11.8 Å². The van der Waals surface area contributed by atoms with E-state index in [0.29, 0.717) is 17.1 Å². The number of rotatable bonds is 6. The Labute approximate surface area is 163 Å². The summed E-state index contributed by atoms with van der Waals surface area (Å²) in [6, 6.07) is 15.8. The van der Waals surface area contributed by atoms with Gasteiger partial charge in [-0.05, 0) is 48.7 Å². The van der Waals surface area contributed by atoms with Crippen LogP contribution in [0, 0.1) is 0 Å². The van der Waals surface area contributed by atoms with Crippen molar-refractivity contribution in [2.24, 2.45) is 0 Å². The molecule has 0 spiro atoms. The molecule has 1 aliphatic heterocycles. The maximum absolute atomic E-state index is 12.7. The van der Waals surface area contributed by atoms with E-state index in [4.69, 9.17) is 16.3 Å². The Hall–Kier alpha value is -2.63. The Bertz CT molecular complexity index is 813. The van der Waals surface area contributed by atoms with E-state index in [0.717, 1.165) is 25.0 Å². The van der Waals surface area contributed by atoms with Gasteiger partial charge in [0.1, 0.15) is 5.70 Å². The van der Waals surface area contributed by atoms with E-state index in [9.17, 15) is 9.59 Å². The number of nitrogens with one attached hydrogen (secondary N) is 2. The molecule has 6 heteroatoms. The topological polar surface area (TPSA) is 67.4 Å². The van der Waals surface area contributed by atoms with Crippen LogP contribution in [0.1, 0.15) is 28.8 Å². The van der Waals surface area contributed by atoms with E-state index >= 15 is 0 Å². The van der Waals surface area contributed by atoms with Crippen LogP contribution in [0.2, 0.25) is 5.02 Å². The smallest absolute Gasteiger partial charge is 0.267 e. The van der Waals surface area contributed by atoms with Crippen molar-refractivity contribution in [2.75, 3.05) is 13.2 Å². The quantitative estimate of drug-likeness (QED) is 0.750. The predicted octanol–water partition coefficient (Wildman–Crippen LogP) is 3.41. The van der Waals surface area contributed by atoms with Crippen LogP contribution in [0.4, 0.5) is 0 Å². The van der Waals surface area contributed by atoms with E-state index < -0.39 is 0 Å². The fourth-order valence-corrected chi connectivity index (χ4v) is 2.90. The van der Waals surface area contributed by atoms with Crippen molar-refractivity contribution in [1.82, 2.24) is 10.6 Å². The summed E-state index contributed by atoms with van der Waals surface area (Å²) in [6.45, 7) is 1.14. The molecule has 5 nitrogen and oxygen atoms in total. The van der Waals surface area contributed by atoms with Crippen LogP contribution in [-0.2, 0) is 9.53 Å². The molecule has 1 fully saturated rings. The van der Waals surface area contributed by atoms with E-state index in [1.807, 2.05) is 6.07 Å². The first-order chi connectivity index (χ1) is 13.1. The van der Waals surface area contributed by atoms with Crippen LogP contribution in [0.5, 0.6) is 0 Å². The Kier molecular flexibility index (Phi) is 6.63. The number of hydrogen-bond donors (Lipinski definition) is 2. The molecule has 0 aliphatic carbocycles. The first-order valence-electron chi connectivity index (χ1n) is 8.85. The van der Waals surface area contributed by atoms with Gasteiger partial charge in [0.05, 0.1) is 6.10 Å². The Morgan fingerprint density at radius 3 is 2.52 bits per heavy atom. The second-order valence-corrected chi connectivity index (χ2v) is 6.71. The number of benzene rings is 2. The molecule has 0 aromatic heterocycles. The molecule has 0 saturated carbocycles. The number of amides is 2. The summed E-state index contributed by atoms with van der Waals surface area (Å²) in [4.78, 5) is 25.1. The fraction of sp³-hybridized carbons (Fsp3) is 0.238.